The number of thiophene rings is 2. The van der Waals surface area contributed by atoms with Crippen molar-refractivity contribution in [1.29, 1.82) is 0 Å². The summed E-state index contributed by atoms with van der Waals surface area (Å²) in [6.07, 6.45) is 0. The van der Waals surface area contributed by atoms with E-state index in [2.05, 4.69) is 188 Å². The van der Waals surface area contributed by atoms with Gasteiger partial charge in [-0.2, -0.15) is 0 Å². The van der Waals surface area contributed by atoms with Gasteiger partial charge in [0.15, 0.2) is 0 Å². The quantitative estimate of drug-likeness (QED) is 0.157. The summed E-state index contributed by atoms with van der Waals surface area (Å²) in [5.41, 5.74) is 11.6. The van der Waals surface area contributed by atoms with Gasteiger partial charge in [-0.05, 0) is 74.3 Å². The predicted molar refractivity (Wildman–Crippen MR) is 223 cm³/mol. The summed E-state index contributed by atoms with van der Waals surface area (Å²) >= 11 is 3.83. The Bertz CT molecular complexity index is 2920. The Kier molecular flexibility index (Phi) is 6.67. The van der Waals surface area contributed by atoms with Gasteiger partial charge in [0.25, 0.3) is 0 Å². The van der Waals surface area contributed by atoms with Gasteiger partial charge >= 0.3 is 0 Å². The molecule has 2 aromatic heterocycles. The molecule has 2 heteroatoms. The molecule has 0 saturated carbocycles. The molecule has 244 valence electrons. The van der Waals surface area contributed by atoms with Gasteiger partial charge in [0.05, 0.1) is 5.41 Å². The third kappa shape index (κ3) is 4.20. The van der Waals surface area contributed by atoms with Crippen LogP contribution in [0.25, 0.3) is 51.5 Å². The van der Waals surface area contributed by atoms with E-state index in [1.54, 1.807) is 0 Å². The van der Waals surface area contributed by atoms with Crippen molar-refractivity contribution in [2.24, 2.45) is 0 Å². The highest BCUT2D eigenvalue weighted by Crippen LogP contribution is 2.58. The maximum atomic E-state index is 2.49. The molecule has 0 saturated heterocycles. The number of hydrogen-bond donors (Lipinski definition) is 0. The van der Waals surface area contributed by atoms with Crippen LogP contribution >= 0.6 is 22.7 Å². The van der Waals surface area contributed by atoms with Crippen molar-refractivity contribution < 1.29 is 0 Å². The summed E-state index contributed by atoms with van der Waals surface area (Å²) in [6, 6.07) is 70.4. The highest BCUT2D eigenvalue weighted by atomic mass is 32.1. The van der Waals surface area contributed by atoms with Gasteiger partial charge in [0.1, 0.15) is 0 Å². The smallest absolute Gasteiger partial charge is 0.0727 e. The first-order valence-corrected chi connectivity index (χ1v) is 19.6. The van der Waals surface area contributed by atoms with Gasteiger partial charge in [-0.25, -0.2) is 0 Å². The molecule has 0 fully saturated rings. The summed E-state index contributed by atoms with van der Waals surface area (Å²) in [4.78, 5) is 0. The van der Waals surface area contributed by atoms with Crippen LogP contribution < -0.4 is 0 Å². The van der Waals surface area contributed by atoms with Crippen molar-refractivity contribution in [3.63, 3.8) is 0 Å². The van der Waals surface area contributed by atoms with E-state index in [0.29, 0.717) is 0 Å². The van der Waals surface area contributed by atoms with Crippen molar-refractivity contribution in [3.05, 3.63) is 227 Å². The lowest BCUT2D eigenvalue weighted by atomic mass is 9.67. The molecule has 11 rings (SSSR count). The average Bonchev–Trinajstić information content (AvgIpc) is 3.88. The summed E-state index contributed by atoms with van der Waals surface area (Å²) in [7, 11) is 0. The highest BCUT2D eigenvalue weighted by Gasteiger charge is 2.47. The van der Waals surface area contributed by atoms with Gasteiger partial charge in [0, 0.05) is 46.3 Å². The second-order valence-electron chi connectivity index (χ2n) is 13.9. The molecule has 1 unspecified atom stereocenters. The van der Waals surface area contributed by atoms with E-state index in [-0.39, 0.29) is 5.92 Å². The van der Waals surface area contributed by atoms with Crippen LogP contribution in [-0.4, -0.2) is 0 Å². The van der Waals surface area contributed by atoms with E-state index >= 15 is 0 Å². The maximum absolute atomic E-state index is 2.49. The molecule has 1 atom stereocenters. The fourth-order valence-electron chi connectivity index (χ4n) is 9.21. The Labute approximate surface area is 310 Å². The first kappa shape index (κ1) is 29.9. The third-order valence-corrected chi connectivity index (χ3v) is 13.7. The molecule has 52 heavy (non-hydrogen) atoms. The molecule has 0 radical (unpaired) electrons. The molecule has 0 aliphatic heterocycles. The molecule has 0 amide bonds. The molecule has 8 aromatic carbocycles. The monoisotopic (exact) mass is 696 g/mol. The fraction of sp³-hybridized carbons (Fsp3) is 0.0400. The van der Waals surface area contributed by atoms with Crippen molar-refractivity contribution >= 4 is 63.0 Å². The average molecular weight is 697 g/mol. The Hall–Kier alpha value is -5.80. The molecular weight excluding hydrogens is 665 g/mol. The molecule has 0 nitrogen and oxygen atoms in total. The maximum Gasteiger partial charge on any atom is 0.0727 e. The minimum Gasteiger partial charge on any atom is -0.135 e. The molecule has 0 N–H and O–H groups in total. The number of hydrogen-bond acceptors (Lipinski definition) is 2. The zero-order valence-corrected chi connectivity index (χ0v) is 29.9. The van der Waals surface area contributed by atoms with Crippen molar-refractivity contribution in [2.45, 2.75) is 11.3 Å². The van der Waals surface area contributed by atoms with E-state index in [1.165, 1.54) is 90.4 Å². The lowest BCUT2D eigenvalue weighted by Gasteiger charge is -2.34. The SMILES string of the molecule is c1ccc(C(c2ccc3sc4c(C5(c6ccccc6)c6ccccc6-c6ccccc65)cccc4c3c2)c2cccc3sc4ccccc4c23)cc1. The van der Waals surface area contributed by atoms with Crippen LogP contribution in [0.3, 0.4) is 0 Å². The standard InChI is InChI=1S/C50H32S2/c1-3-15-32(16-4-1)47(39-23-14-28-46-48(39)38-21-9-12-27-44(38)51-46)33-29-30-45-40(31-33)37-22-13-26-43(49(37)52-45)50(34-17-5-2-6-18-34)41-24-10-7-19-35(41)36-20-8-11-25-42(36)50/h1-31,47H. The minimum atomic E-state index is -0.431. The molecule has 10 aromatic rings. The highest BCUT2D eigenvalue weighted by molar-refractivity contribution is 7.26. The second kappa shape index (κ2) is 11.6. The van der Waals surface area contributed by atoms with Crippen LogP contribution in [0.1, 0.15) is 44.9 Å². The van der Waals surface area contributed by atoms with Crippen LogP contribution in [0.4, 0.5) is 0 Å². The van der Waals surface area contributed by atoms with Gasteiger partial charge in [-0.1, -0.05) is 164 Å². The zero-order valence-electron chi connectivity index (χ0n) is 28.3. The van der Waals surface area contributed by atoms with Crippen LogP contribution in [-0.2, 0) is 5.41 Å². The summed E-state index contributed by atoms with van der Waals surface area (Å²) in [5.74, 6) is 0.0923. The summed E-state index contributed by atoms with van der Waals surface area (Å²) < 4.78 is 5.35. The fourth-order valence-corrected chi connectivity index (χ4v) is 11.6. The van der Waals surface area contributed by atoms with Gasteiger partial charge in [-0.15, -0.1) is 22.7 Å². The Morgan fingerprint density at radius 3 is 1.77 bits per heavy atom. The topological polar surface area (TPSA) is 0 Å². The van der Waals surface area contributed by atoms with Crippen LogP contribution in [0.2, 0.25) is 0 Å². The van der Waals surface area contributed by atoms with Gasteiger partial charge in [0.2, 0.25) is 0 Å². The first-order valence-electron chi connectivity index (χ1n) is 18.0. The predicted octanol–water partition coefficient (Wildman–Crippen LogP) is 14.0. The minimum absolute atomic E-state index is 0.0923. The van der Waals surface area contributed by atoms with Crippen LogP contribution in [0.5, 0.6) is 0 Å². The zero-order chi connectivity index (χ0) is 34.2. The molecule has 0 bridgehead atoms. The summed E-state index contributed by atoms with van der Waals surface area (Å²) in [6.45, 7) is 0. The van der Waals surface area contributed by atoms with Crippen LogP contribution in [0, 0.1) is 0 Å². The van der Waals surface area contributed by atoms with Crippen molar-refractivity contribution in [1.82, 2.24) is 0 Å². The van der Waals surface area contributed by atoms with Crippen LogP contribution in [0.15, 0.2) is 188 Å². The van der Waals surface area contributed by atoms with E-state index in [1.807, 2.05) is 22.7 Å². The number of fused-ring (bicyclic) bond motifs is 9. The second-order valence-corrected chi connectivity index (χ2v) is 16.0. The largest absolute Gasteiger partial charge is 0.135 e. The Morgan fingerprint density at radius 1 is 0.385 bits per heavy atom. The van der Waals surface area contributed by atoms with E-state index in [0.717, 1.165) is 0 Å². The number of benzene rings is 8. The lowest BCUT2D eigenvalue weighted by molar-refractivity contribution is 0.778. The van der Waals surface area contributed by atoms with E-state index in [9.17, 15) is 0 Å². The number of rotatable bonds is 5. The first-order chi connectivity index (χ1) is 25.8. The molecule has 2 heterocycles. The molecule has 1 aliphatic carbocycles. The van der Waals surface area contributed by atoms with E-state index in [4.69, 9.17) is 0 Å². The lowest BCUT2D eigenvalue weighted by Crippen LogP contribution is -2.28. The van der Waals surface area contributed by atoms with Gasteiger partial charge in [-0.3, -0.25) is 0 Å². The summed E-state index contributed by atoms with van der Waals surface area (Å²) in [5, 5.41) is 5.36. The molecule has 0 spiro atoms. The van der Waals surface area contributed by atoms with Crippen molar-refractivity contribution in [3.8, 4) is 11.1 Å². The molecule has 1 aliphatic rings. The van der Waals surface area contributed by atoms with Crippen molar-refractivity contribution in [2.75, 3.05) is 0 Å². The van der Waals surface area contributed by atoms with E-state index < -0.39 is 5.41 Å². The Balaban J connectivity index is 1.18. The normalized spacial score (nSPS) is 13.8. The molecular formula is C50H32S2. The third-order valence-electron chi connectivity index (χ3n) is 11.3. The van der Waals surface area contributed by atoms with Gasteiger partial charge < -0.3 is 0 Å². The Morgan fingerprint density at radius 2 is 0.981 bits per heavy atom.